The van der Waals surface area contributed by atoms with E-state index >= 15 is 0 Å². The van der Waals surface area contributed by atoms with Crippen molar-refractivity contribution in [1.29, 1.82) is 0 Å². The Balaban J connectivity index is 1.67. The molecule has 0 saturated carbocycles. The Morgan fingerprint density at radius 3 is 2.67 bits per heavy atom. The van der Waals surface area contributed by atoms with E-state index in [2.05, 4.69) is 10.6 Å². The van der Waals surface area contributed by atoms with Gasteiger partial charge in [-0.2, -0.15) is 0 Å². The van der Waals surface area contributed by atoms with Crippen LogP contribution in [0.2, 0.25) is 0 Å². The molecule has 0 bridgehead atoms. The number of methoxy groups -OCH3 is 1. The van der Waals surface area contributed by atoms with Crippen LogP contribution in [-0.4, -0.2) is 27.7 Å². The molecule has 4 aromatic rings. The normalized spacial score (nSPS) is 15.2. The molecule has 3 aromatic carbocycles. The predicted molar refractivity (Wildman–Crippen MR) is 124 cm³/mol. The SMILES string of the molecule is COc1cc(C2C(C(=O)Nc3ccc(F)cc3)=C(C)Nc3nc4ccccc4n32)ccc1O. The smallest absolute Gasteiger partial charge is 0.255 e. The molecule has 5 rings (SSSR count). The number of imidazole rings is 1. The highest BCUT2D eigenvalue weighted by Crippen LogP contribution is 2.41. The largest absolute Gasteiger partial charge is 0.504 e. The number of hydrogen-bond acceptors (Lipinski definition) is 5. The highest BCUT2D eigenvalue weighted by atomic mass is 19.1. The van der Waals surface area contributed by atoms with Gasteiger partial charge in [0.05, 0.1) is 29.8 Å². The summed E-state index contributed by atoms with van der Waals surface area (Å²) in [5.41, 5.74) is 3.93. The molecule has 0 radical (unpaired) electrons. The van der Waals surface area contributed by atoms with Crippen LogP contribution in [-0.2, 0) is 4.79 Å². The van der Waals surface area contributed by atoms with Gasteiger partial charge in [-0.05, 0) is 61.0 Å². The molecular weight excluding hydrogens is 423 g/mol. The molecular formula is C25H21FN4O3. The number of carbonyl (C=O) groups is 1. The Bertz CT molecular complexity index is 1410. The Labute approximate surface area is 189 Å². The van der Waals surface area contributed by atoms with Crippen LogP contribution < -0.4 is 15.4 Å². The number of rotatable bonds is 4. The number of phenols is 1. The van der Waals surface area contributed by atoms with Crippen molar-refractivity contribution in [2.45, 2.75) is 13.0 Å². The zero-order valence-corrected chi connectivity index (χ0v) is 18.0. The summed E-state index contributed by atoms with van der Waals surface area (Å²) in [5, 5.41) is 16.2. The number of carbonyl (C=O) groups excluding carboxylic acids is 1. The van der Waals surface area contributed by atoms with Gasteiger partial charge in [0.25, 0.3) is 5.91 Å². The third-order valence-electron chi connectivity index (χ3n) is 5.70. The summed E-state index contributed by atoms with van der Waals surface area (Å²) in [6.45, 7) is 1.81. The lowest BCUT2D eigenvalue weighted by molar-refractivity contribution is -0.113. The summed E-state index contributed by atoms with van der Waals surface area (Å²) in [6, 6.07) is 17.7. The Morgan fingerprint density at radius 2 is 1.91 bits per heavy atom. The molecule has 1 aliphatic heterocycles. The quantitative estimate of drug-likeness (QED) is 0.420. The van der Waals surface area contributed by atoms with E-state index in [1.807, 2.05) is 35.8 Å². The van der Waals surface area contributed by atoms with Crippen molar-refractivity contribution >= 4 is 28.6 Å². The maximum Gasteiger partial charge on any atom is 0.255 e. The fraction of sp³-hybridized carbons (Fsp3) is 0.120. The average molecular weight is 444 g/mol. The summed E-state index contributed by atoms with van der Waals surface area (Å²) in [6.07, 6.45) is 0. The van der Waals surface area contributed by atoms with Gasteiger partial charge in [-0.3, -0.25) is 9.36 Å². The van der Waals surface area contributed by atoms with Crippen LogP contribution in [0.1, 0.15) is 18.5 Å². The van der Waals surface area contributed by atoms with Crippen LogP contribution in [0.25, 0.3) is 11.0 Å². The zero-order valence-electron chi connectivity index (χ0n) is 18.0. The average Bonchev–Trinajstić information content (AvgIpc) is 3.18. The second-order valence-corrected chi connectivity index (χ2v) is 7.75. The number of hydrogen-bond donors (Lipinski definition) is 3. The minimum absolute atomic E-state index is 0.00362. The van der Waals surface area contributed by atoms with Crippen molar-refractivity contribution in [2.24, 2.45) is 0 Å². The third kappa shape index (κ3) is 3.55. The van der Waals surface area contributed by atoms with Crippen molar-refractivity contribution in [1.82, 2.24) is 9.55 Å². The first-order valence-electron chi connectivity index (χ1n) is 10.3. The summed E-state index contributed by atoms with van der Waals surface area (Å²) in [7, 11) is 1.47. The predicted octanol–water partition coefficient (Wildman–Crippen LogP) is 4.82. The molecule has 1 aliphatic rings. The summed E-state index contributed by atoms with van der Waals surface area (Å²) in [4.78, 5) is 18.2. The van der Waals surface area contributed by atoms with E-state index < -0.39 is 6.04 Å². The molecule has 7 nitrogen and oxygen atoms in total. The van der Waals surface area contributed by atoms with Crippen LogP contribution in [0.3, 0.4) is 0 Å². The van der Waals surface area contributed by atoms with Crippen molar-refractivity contribution in [3.05, 3.63) is 89.4 Å². The molecule has 0 fully saturated rings. The summed E-state index contributed by atoms with van der Waals surface area (Å²) < 4.78 is 20.6. The molecule has 1 unspecified atom stereocenters. The van der Waals surface area contributed by atoms with E-state index in [1.165, 1.54) is 31.4 Å². The minimum Gasteiger partial charge on any atom is -0.504 e. The lowest BCUT2D eigenvalue weighted by atomic mass is 9.94. The number of para-hydroxylation sites is 2. The number of aromatic nitrogens is 2. The number of allylic oxidation sites excluding steroid dienone is 1. The number of nitrogens with one attached hydrogen (secondary N) is 2. The number of anilines is 2. The first kappa shape index (κ1) is 20.6. The monoisotopic (exact) mass is 444 g/mol. The number of phenolic OH excluding ortho intramolecular Hbond substituents is 1. The van der Waals surface area contributed by atoms with Gasteiger partial charge >= 0.3 is 0 Å². The zero-order chi connectivity index (χ0) is 23.1. The first-order valence-corrected chi connectivity index (χ1v) is 10.3. The molecule has 0 aliphatic carbocycles. The fourth-order valence-corrected chi connectivity index (χ4v) is 4.17. The van der Waals surface area contributed by atoms with Crippen LogP contribution in [0.5, 0.6) is 11.5 Å². The highest BCUT2D eigenvalue weighted by molar-refractivity contribution is 6.06. The third-order valence-corrected chi connectivity index (χ3v) is 5.70. The van der Waals surface area contributed by atoms with Gasteiger partial charge in [0.2, 0.25) is 5.95 Å². The van der Waals surface area contributed by atoms with Gasteiger partial charge in [0.1, 0.15) is 5.82 Å². The highest BCUT2D eigenvalue weighted by Gasteiger charge is 2.34. The van der Waals surface area contributed by atoms with E-state index in [-0.39, 0.29) is 17.5 Å². The maximum atomic E-state index is 13.5. The van der Waals surface area contributed by atoms with Crippen molar-refractivity contribution in [2.75, 3.05) is 17.7 Å². The molecule has 166 valence electrons. The molecule has 1 aromatic heterocycles. The lowest BCUT2D eigenvalue weighted by Crippen LogP contribution is -2.30. The second-order valence-electron chi connectivity index (χ2n) is 7.75. The Kier molecular flexibility index (Phi) is 4.97. The maximum absolute atomic E-state index is 13.5. The second kappa shape index (κ2) is 7.98. The number of ether oxygens (including phenoxy) is 1. The van der Waals surface area contributed by atoms with Crippen LogP contribution >= 0.6 is 0 Å². The van der Waals surface area contributed by atoms with Crippen molar-refractivity contribution in [3.8, 4) is 11.5 Å². The van der Waals surface area contributed by atoms with Gasteiger partial charge in [-0.1, -0.05) is 18.2 Å². The molecule has 2 heterocycles. The van der Waals surface area contributed by atoms with E-state index in [0.717, 1.165) is 16.6 Å². The molecule has 8 heteroatoms. The Morgan fingerprint density at radius 1 is 1.15 bits per heavy atom. The van der Waals surface area contributed by atoms with Crippen LogP contribution in [0, 0.1) is 5.82 Å². The van der Waals surface area contributed by atoms with E-state index in [1.54, 1.807) is 18.2 Å². The standard InChI is InChI=1S/C25H21FN4O3/c1-14-22(24(32)28-17-10-8-16(26)9-11-17)23(15-7-12-20(31)21(13-15)33-2)30-19-6-4-3-5-18(19)29-25(30)27-14/h3-13,23,31H,1-2H3,(H,27,29)(H,28,32). The number of nitrogens with zero attached hydrogens (tertiary/aromatic N) is 2. The van der Waals surface area contributed by atoms with Crippen molar-refractivity contribution in [3.63, 3.8) is 0 Å². The molecule has 0 saturated heterocycles. The van der Waals surface area contributed by atoms with Gasteiger partial charge in [0, 0.05) is 11.4 Å². The number of aromatic hydroxyl groups is 1. The van der Waals surface area contributed by atoms with Gasteiger partial charge in [-0.15, -0.1) is 0 Å². The lowest BCUT2D eigenvalue weighted by Gasteiger charge is -2.31. The number of halogens is 1. The van der Waals surface area contributed by atoms with Gasteiger partial charge in [-0.25, -0.2) is 9.37 Å². The first-order chi connectivity index (χ1) is 16.0. The number of fused-ring (bicyclic) bond motifs is 3. The van der Waals surface area contributed by atoms with E-state index in [4.69, 9.17) is 9.72 Å². The molecule has 33 heavy (non-hydrogen) atoms. The Hall–Kier alpha value is -4.33. The molecule has 1 atom stereocenters. The molecule has 0 spiro atoms. The fourth-order valence-electron chi connectivity index (χ4n) is 4.17. The van der Waals surface area contributed by atoms with E-state index in [9.17, 15) is 14.3 Å². The van der Waals surface area contributed by atoms with Crippen LogP contribution in [0.15, 0.2) is 78.0 Å². The van der Waals surface area contributed by atoms with E-state index in [0.29, 0.717) is 28.7 Å². The molecule has 3 N–H and O–H groups in total. The molecule has 1 amide bonds. The topological polar surface area (TPSA) is 88.4 Å². The minimum atomic E-state index is -0.552. The number of amides is 1. The van der Waals surface area contributed by atoms with Gasteiger partial charge < -0.3 is 20.5 Å². The van der Waals surface area contributed by atoms with Gasteiger partial charge in [0.15, 0.2) is 11.5 Å². The van der Waals surface area contributed by atoms with Crippen molar-refractivity contribution < 1.29 is 19.0 Å². The van der Waals surface area contributed by atoms with Crippen LogP contribution in [0.4, 0.5) is 16.0 Å². The number of benzene rings is 3. The summed E-state index contributed by atoms with van der Waals surface area (Å²) >= 11 is 0. The summed E-state index contributed by atoms with van der Waals surface area (Å²) in [5.74, 6) is 0.180.